The molecule has 1 rings (SSSR count). The molecule has 0 radical (unpaired) electrons. The second-order valence-electron chi connectivity index (χ2n) is 3.23. The Morgan fingerprint density at radius 2 is 2.15 bits per heavy atom. The van der Waals surface area contributed by atoms with Crippen molar-refractivity contribution in [3.63, 3.8) is 0 Å². The second-order valence-corrected chi connectivity index (χ2v) is 3.23. The molecule has 13 heavy (non-hydrogen) atoms. The lowest BCUT2D eigenvalue weighted by Gasteiger charge is -2.21. The molecule has 0 spiro atoms. The van der Waals surface area contributed by atoms with Crippen molar-refractivity contribution >= 4 is 0 Å². The minimum atomic E-state index is -0.852. The third-order valence-electron chi connectivity index (χ3n) is 2.02. The van der Waals surface area contributed by atoms with E-state index in [1.807, 2.05) is 0 Å². The van der Waals surface area contributed by atoms with Gasteiger partial charge in [0, 0.05) is 18.0 Å². The van der Waals surface area contributed by atoms with Crippen LogP contribution in [-0.4, -0.2) is 15.1 Å². The summed E-state index contributed by atoms with van der Waals surface area (Å²) in [6, 6.07) is 0. The molecular formula is C10H14N2O. The molecular weight excluding hydrogens is 164 g/mol. The molecule has 0 fully saturated rings. The third-order valence-corrected chi connectivity index (χ3v) is 2.02. The highest BCUT2D eigenvalue weighted by molar-refractivity contribution is 5.12. The fourth-order valence-electron chi connectivity index (χ4n) is 1.10. The first-order chi connectivity index (χ1) is 6.17. The maximum Gasteiger partial charge on any atom is 0.115 e. The predicted molar refractivity (Wildman–Crippen MR) is 51.0 cm³/mol. The van der Waals surface area contributed by atoms with Crippen molar-refractivity contribution in [2.75, 3.05) is 0 Å². The Labute approximate surface area is 78.2 Å². The topological polar surface area (TPSA) is 46.0 Å². The molecule has 0 saturated heterocycles. The summed E-state index contributed by atoms with van der Waals surface area (Å²) in [6.07, 6.45) is 7.93. The average Bonchev–Trinajstić information content (AvgIpc) is 2.16. The number of aliphatic hydroxyl groups is 1. The number of hydrogen-bond donors (Lipinski definition) is 1. The van der Waals surface area contributed by atoms with Crippen LogP contribution in [0.1, 0.15) is 25.3 Å². The van der Waals surface area contributed by atoms with Gasteiger partial charge in [-0.05, 0) is 19.8 Å². The first-order valence-corrected chi connectivity index (χ1v) is 4.25. The van der Waals surface area contributed by atoms with E-state index in [0.29, 0.717) is 6.42 Å². The van der Waals surface area contributed by atoms with Crippen molar-refractivity contribution < 1.29 is 5.11 Å². The van der Waals surface area contributed by atoms with Crippen molar-refractivity contribution in [1.82, 2.24) is 9.97 Å². The lowest BCUT2D eigenvalue weighted by Crippen LogP contribution is -2.21. The molecule has 1 aromatic rings. The van der Waals surface area contributed by atoms with Gasteiger partial charge in [0.15, 0.2) is 0 Å². The van der Waals surface area contributed by atoms with Crippen LogP contribution in [0.4, 0.5) is 0 Å². The van der Waals surface area contributed by atoms with Gasteiger partial charge in [0.1, 0.15) is 6.33 Å². The summed E-state index contributed by atoms with van der Waals surface area (Å²) in [7, 11) is 0. The molecule has 70 valence electrons. The Morgan fingerprint density at radius 3 is 2.69 bits per heavy atom. The Bertz CT molecular complexity index is 270. The van der Waals surface area contributed by atoms with E-state index < -0.39 is 5.60 Å². The number of aromatic nitrogens is 2. The molecule has 0 aliphatic heterocycles. The van der Waals surface area contributed by atoms with Gasteiger partial charge < -0.3 is 5.11 Å². The van der Waals surface area contributed by atoms with Crippen LogP contribution < -0.4 is 0 Å². The minimum absolute atomic E-state index is 0.643. The highest BCUT2D eigenvalue weighted by atomic mass is 16.3. The van der Waals surface area contributed by atoms with Gasteiger partial charge in [-0.2, -0.15) is 0 Å². The van der Waals surface area contributed by atoms with Gasteiger partial charge in [-0.15, -0.1) is 6.58 Å². The normalized spacial score (nSPS) is 14.9. The standard InChI is InChI=1S/C10H14N2O/c1-3-4-5-10(2,13)9-6-11-8-12-7-9/h3,6-8,13H,1,4-5H2,2H3. The van der Waals surface area contributed by atoms with E-state index in [2.05, 4.69) is 16.5 Å². The van der Waals surface area contributed by atoms with Crippen molar-refractivity contribution in [3.05, 3.63) is 36.9 Å². The van der Waals surface area contributed by atoms with Gasteiger partial charge in [0.2, 0.25) is 0 Å². The number of hydrogen-bond acceptors (Lipinski definition) is 3. The average molecular weight is 178 g/mol. The zero-order chi connectivity index (χ0) is 9.73. The van der Waals surface area contributed by atoms with Gasteiger partial charge in [-0.3, -0.25) is 0 Å². The summed E-state index contributed by atoms with van der Waals surface area (Å²) in [5.74, 6) is 0. The SMILES string of the molecule is C=CCCC(C)(O)c1cncnc1. The fourth-order valence-corrected chi connectivity index (χ4v) is 1.10. The molecule has 0 aliphatic rings. The summed E-state index contributed by atoms with van der Waals surface area (Å²) < 4.78 is 0. The van der Waals surface area contributed by atoms with Gasteiger partial charge in [-0.25, -0.2) is 9.97 Å². The molecule has 1 aromatic heterocycles. The van der Waals surface area contributed by atoms with E-state index in [9.17, 15) is 5.11 Å². The summed E-state index contributed by atoms with van der Waals surface area (Å²) in [5.41, 5.74) is -0.105. The molecule has 0 aliphatic carbocycles. The number of nitrogens with zero attached hydrogens (tertiary/aromatic N) is 2. The Kier molecular flexibility index (Phi) is 3.14. The zero-order valence-corrected chi connectivity index (χ0v) is 7.77. The molecule has 3 heteroatoms. The molecule has 0 aromatic carbocycles. The Hall–Kier alpha value is -1.22. The van der Waals surface area contributed by atoms with E-state index in [-0.39, 0.29) is 0 Å². The lowest BCUT2D eigenvalue weighted by atomic mass is 9.93. The van der Waals surface area contributed by atoms with Crippen LogP contribution in [0, 0.1) is 0 Å². The van der Waals surface area contributed by atoms with Crippen LogP contribution in [0.25, 0.3) is 0 Å². The van der Waals surface area contributed by atoms with Crippen molar-refractivity contribution in [2.24, 2.45) is 0 Å². The van der Waals surface area contributed by atoms with Crippen LogP contribution in [0.2, 0.25) is 0 Å². The van der Waals surface area contributed by atoms with E-state index >= 15 is 0 Å². The van der Waals surface area contributed by atoms with Crippen molar-refractivity contribution in [2.45, 2.75) is 25.4 Å². The number of allylic oxidation sites excluding steroid dienone is 1. The smallest absolute Gasteiger partial charge is 0.115 e. The molecule has 0 amide bonds. The summed E-state index contributed by atoms with van der Waals surface area (Å²) in [4.78, 5) is 7.72. The monoisotopic (exact) mass is 178 g/mol. The molecule has 0 bridgehead atoms. The summed E-state index contributed by atoms with van der Waals surface area (Å²) in [5, 5.41) is 9.99. The van der Waals surface area contributed by atoms with Crippen molar-refractivity contribution in [3.8, 4) is 0 Å². The van der Waals surface area contributed by atoms with Gasteiger partial charge >= 0.3 is 0 Å². The van der Waals surface area contributed by atoms with Crippen LogP contribution >= 0.6 is 0 Å². The van der Waals surface area contributed by atoms with E-state index in [1.54, 1.807) is 25.4 Å². The Morgan fingerprint density at radius 1 is 1.54 bits per heavy atom. The lowest BCUT2D eigenvalue weighted by molar-refractivity contribution is 0.0481. The molecule has 0 saturated carbocycles. The molecule has 1 unspecified atom stereocenters. The van der Waals surface area contributed by atoms with Crippen LogP contribution in [0.15, 0.2) is 31.4 Å². The quantitative estimate of drug-likeness (QED) is 0.713. The maximum atomic E-state index is 9.99. The third kappa shape index (κ3) is 2.63. The van der Waals surface area contributed by atoms with E-state index in [4.69, 9.17) is 0 Å². The maximum absolute atomic E-state index is 9.99. The van der Waals surface area contributed by atoms with Gasteiger partial charge in [0.25, 0.3) is 0 Å². The minimum Gasteiger partial charge on any atom is -0.385 e. The van der Waals surface area contributed by atoms with Crippen LogP contribution in [0.3, 0.4) is 0 Å². The Balaban J connectivity index is 2.74. The molecule has 1 heterocycles. The molecule has 1 atom stereocenters. The number of rotatable bonds is 4. The van der Waals surface area contributed by atoms with E-state index in [1.165, 1.54) is 6.33 Å². The van der Waals surface area contributed by atoms with Crippen molar-refractivity contribution in [1.29, 1.82) is 0 Å². The highest BCUT2D eigenvalue weighted by Crippen LogP contribution is 2.24. The van der Waals surface area contributed by atoms with Gasteiger partial charge in [0.05, 0.1) is 5.60 Å². The molecule has 3 nitrogen and oxygen atoms in total. The summed E-state index contributed by atoms with van der Waals surface area (Å²) >= 11 is 0. The first kappa shape index (κ1) is 9.86. The van der Waals surface area contributed by atoms with Crippen LogP contribution in [-0.2, 0) is 5.60 Å². The first-order valence-electron chi connectivity index (χ1n) is 4.25. The van der Waals surface area contributed by atoms with Crippen LogP contribution in [0.5, 0.6) is 0 Å². The molecule has 1 N–H and O–H groups in total. The zero-order valence-electron chi connectivity index (χ0n) is 7.77. The van der Waals surface area contributed by atoms with E-state index in [0.717, 1.165) is 12.0 Å². The highest BCUT2D eigenvalue weighted by Gasteiger charge is 2.22. The second kappa shape index (κ2) is 4.14. The van der Waals surface area contributed by atoms with Gasteiger partial charge in [-0.1, -0.05) is 6.08 Å². The fraction of sp³-hybridized carbons (Fsp3) is 0.400. The summed E-state index contributed by atoms with van der Waals surface area (Å²) in [6.45, 7) is 5.37. The predicted octanol–water partition coefficient (Wildman–Crippen LogP) is 1.65. The largest absolute Gasteiger partial charge is 0.385 e.